The highest BCUT2D eigenvalue weighted by Crippen LogP contribution is 2.20. The summed E-state index contributed by atoms with van der Waals surface area (Å²) in [5, 5.41) is 10.5. The van der Waals surface area contributed by atoms with Gasteiger partial charge in [0.05, 0.1) is 24.7 Å². The minimum Gasteiger partial charge on any atom is -0.497 e. The average Bonchev–Trinajstić information content (AvgIpc) is 2.98. The Morgan fingerprint density at radius 1 is 1.12 bits per heavy atom. The molecule has 132 valence electrons. The molecule has 0 bridgehead atoms. The van der Waals surface area contributed by atoms with E-state index in [1.54, 1.807) is 7.11 Å². The van der Waals surface area contributed by atoms with E-state index in [9.17, 15) is 5.11 Å². The summed E-state index contributed by atoms with van der Waals surface area (Å²) in [5.74, 6) is 2.42. The van der Waals surface area contributed by atoms with E-state index in [0.717, 1.165) is 35.4 Å². The number of aliphatic hydroxyl groups is 1. The van der Waals surface area contributed by atoms with Gasteiger partial charge in [0.15, 0.2) is 0 Å². The molecule has 2 aromatic carbocycles. The predicted octanol–water partition coefficient (Wildman–Crippen LogP) is 3.44. The number of aromatic nitrogens is 2. The number of benzene rings is 2. The fraction of sp³-hybridized carbons (Fsp3) is 0.350. The minimum absolute atomic E-state index is 0.214. The standard InChI is InChI=1S/C20H24N2O3/c1-3-7-20-21-18-10-4-5-11-19(18)22(20)13-15(23)14-25-17-9-6-8-16(12-17)24-2/h4-6,8-12,15,23H,3,7,13-14H2,1-2H3/t15-/m1/s1. The molecule has 0 saturated heterocycles. The van der Waals surface area contributed by atoms with E-state index >= 15 is 0 Å². The van der Waals surface area contributed by atoms with Crippen molar-refractivity contribution in [3.8, 4) is 11.5 Å². The number of aliphatic hydroxyl groups excluding tert-OH is 1. The van der Waals surface area contributed by atoms with E-state index in [2.05, 4.69) is 11.5 Å². The number of hydrogen-bond acceptors (Lipinski definition) is 4. The van der Waals surface area contributed by atoms with Crippen LogP contribution in [0.5, 0.6) is 11.5 Å². The molecule has 1 aromatic heterocycles. The van der Waals surface area contributed by atoms with Gasteiger partial charge < -0.3 is 19.1 Å². The predicted molar refractivity (Wildman–Crippen MR) is 98.2 cm³/mol. The monoisotopic (exact) mass is 340 g/mol. The van der Waals surface area contributed by atoms with Crippen LogP contribution in [-0.4, -0.2) is 34.5 Å². The zero-order valence-corrected chi connectivity index (χ0v) is 14.7. The maximum Gasteiger partial charge on any atom is 0.123 e. The molecule has 0 spiro atoms. The molecule has 3 aromatic rings. The molecule has 0 unspecified atom stereocenters. The van der Waals surface area contributed by atoms with E-state index in [0.29, 0.717) is 12.3 Å². The molecule has 0 saturated carbocycles. The molecule has 1 N–H and O–H groups in total. The van der Waals surface area contributed by atoms with E-state index < -0.39 is 6.10 Å². The van der Waals surface area contributed by atoms with Crippen molar-refractivity contribution in [1.29, 1.82) is 0 Å². The number of ether oxygens (including phenoxy) is 2. The van der Waals surface area contributed by atoms with Crippen molar-refractivity contribution in [3.63, 3.8) is 0 Å². The zero-order chi connectivity index (χ0) is 17.6. The highest BCUT2D eigenvalue weighted by molar-refractivity contribution is 5.75. The maximum atomic E-state index is 10.5. The van der Waals surface area contributed by atoms with Gasteiger partial charge in [-0.1, -0.05) is 25.1 Å². The Morgan fingerprint density at radius 2 is 1.92 bits per heavy atom. The molecule has 0 aliphatic carbocycles. The smallest absolute Gasteiger partial charge is 0.123 e. The molecule has 0 radical (unpaired) electrons. The zero-order valence-electron chi connectivity index (χ0n) is 14.7. The van der Waals surface area contributed by atoms with Gasteiger partial charge in [-0.3, -0.25) is 0 Å². The van der Waals surface area contributed by atoms with Crippen molar-refractivity contribution >= 4 is 11.0 Å². The van der Waals surface area contributed by atoms with E-state index in [1.807, 2.05) is 48.5 Å². The highest BCUT2D eigenvalue weighted by Gasteiger charge is 2.14. The Labute approximate surface area is 147 Å². The Morgan fingerprint density at radius 3 is 2.72 bits per heavy atom. The van der Waals surface area contributed by atoms with Gasteiger partial charge >= 0.3 is 0 Å². The molecule has 25 heavy (non-hydrogen) atoms. The molecule has 0 amide bonds. The number of hydrogen-bond donors (Lipinski definition) is 1. The summed E-state index contributed by atoms with van der Waals surface area (Å²) in [6, 6.07) is 15.4. The summed E-state index contributed by atoms with van der Waals surface area (Å²) < 4.78 is 13.0. The lowest BCUT2D eigenvalue weighted by Gasteiger charge is -2.16. The number of nitrogens with zero attached hydrogens (tertiary/aromatic N) is 2. The Bertz CT molecular complexity index is 829. The quantitative estimate of drug-likeness (QED) is 0.682. The van der Waals surface area contributed by atoms with Gasteiger partial charge in [0, 0.05) is 12.5 Å². The third kappa shape index (κ3) is 4.12. The summed E-state index contributed by atoms with van der Waals surface area (Å²) >= 11 is 0. The number of rotatable bonds is 8. The van der Waals surface area contributed by atoms with E-state index in [1.165, 1.54) is 0 Å². The summed E-state index contributed by atoms with van der Waals surface area (Å²) in [7, 11) is 1.62. The van der Waals surface area contributed by atoms with Gasteiger partial charge in [0.25, 0.3) is 0 Å². The Hall–Kier alpha value is -2.53. The van der Waals surface area contributed by atoms with Crippen molar-refractivity contribution in [2.24, 2.45) is 0 Å². The minimum atomic E-state index is -0.626. The van der Waals surface area contributed by atoms with Crippen LogP contribution in [-0.2, 0) is 13.0 Å². The first-order valence-corrected chi connectivity index (χ1v) is 8.60. The second kappa shape index (κ2) is 8.03. The van der Waals surface area contributed by atoms with Gasteiger partial charge in [-0.15, -0.1) is 0 Å². The number of para-hydroxylation sites is 2. The van der Waals surface area contributed by atoms with Crippen LogP contribution < -0.4 is 9.47 Å². The lowest BCUT2D eigenvalue weighted by atomic mass is 10.3. The van der Waals surface area contributed by atoms with Gasteiger partial charge in [-0.05, 0) is 30.7 Å². The van der Waals surface area contributed by atoms with Crippen LogP contribution in [0.3, 0.4) is 0 Å². The van der Waals surface area contributed by atoms with Crippen LogP contribution in [0.25, 0.3) is 11.0 Å². The van der Waals surface area contributed by atoms with Crippen molar-refractivity contribution in [1.82, 2.24) is 9.55 Å². The molecular weight excluding hydrogens is 316 g/mol. The second-order valence-corrected chi connectivity index (χ2v) is 6.02. The van der Waals surface area contributed by atoms with Crippen LogP contribution in [0.15, 0.2) is 48.5 Å². The topological polar surface area (TPSA) is 56.5 Å². The molecule has 3 rings (SSSR count). The van der Waals surface area contributed by atoms with Gasteiger partial charge in [0.2, 0.25) is 0 Å². The first-order chi connectivity index (χ1) is 12.2. The molecule has 5 nitrogen and oxygen atoms in total. The first kappa shape index (κ1) is 17.3. The third-order valence-corrected chi connectivity index (χ3v) is 4.08. The second-order valence-electron chi connectivity index (χ2n) is 6.02. The summed E-state index contributed by atoms with van der Waals surface area (Å²) in [6.45, 7) is 2.80. The molecule has 5 heteroatoms. The molecule has 1 atom stereocenters. The fourth-order valence-corrected chi connectivity index (χ4v) is 2.89. The number of methoxy groups -OCH3 is 1. The first-order valence-electron chi connectivity index (χ1n) is 8.60. The SMILES string of the molecule is CCCc1nc2ccccc2n1C[C@@H](O)COc1cccc(OC)c1. The third-order valence-electron chi connectivity index (χ3n) is 4.08. The number of aryl methyl sites for hydroxylation is 1. The van der Waals surface area contributed by atoms with Crippen molar-refractivity contribution in [2.45, 2.75) is 32.4 Å². The average molecular weight is 340 g/mol. The van der Waals surface area contributed by atoms with Crippen LogP contribution >= 0.6 is 0 Å². The normalized spacial score (nSPS) is 12.3. The van der Waals surface area contributed by atoms with Crippen LogP contribution in [0, 0.1) is 0 Å². The van der Waals surface area contributed by atoms with Crippen LogP contribution in [0.1, 0.15) is 19.2 Å². The van der Waals surface area contributed by atoms with Gasteiger partial charge in [-0.25, -0.2) is 4.98 Å². The van der Waals surface area contributed by atoms with Crippen molar-refractivity contribution < 1.29 is 14.6 Å². The summed E-state index contributed by atoms with van der Waals surface area (Å²) in [6.07, 6.45) is 1.28. The molecule has 1 heterocycles. The fourth-order valence-electron chi connectivity index (χ4n) is 2.89. The highest BCUT2D eigenvalue weighted by atomic mass is 16.5. The maximum absolute atomic E-state index is 10.5. The van der Waals surface area contributed by atoms with Crippen LogP contribution in [0.2, 0.25) is 0 Å². The Balaban J connectivity index is 1.70. The lowest BCUT2D eigenvalue weighted by Crippen LogP contribution is -2.24. The Kier molecular flexibility index (Phi) is 5.56. The van der Waals surface area contributed by atoms with Gasteiger partial charge in [-0.2, -0.15) is 0 Å². The molecule has 0 aliphatic rings. The number of imidazole rings is 1. The number of fused-ring (bicyclic) bond motifs is 1. The molecule has 0 aliphatic heterocycles. The van der Waals surface area contributed by atoms with E-state index in [-0.39, 0.29) is 6.61 Å². The summed E-state index contributed by atoms with van der Waals surface area (Å²) in [5.41, 5.74) is 2.01. The van der Waals surface area contributed by atoms with Crippen molar-refractivity contribution in [2.75, 3.05) is 13.7 Å². The lowest BCUT2D eigenvalue weighted by molar-refractivity contribution is 0.0926. The molecular formula is C20H24N2O3. The van der Waals surface area contributed by atoms with Crippen molar-refractivity contribution in [3.05, 3.63) is 54.4 Å². The molecule has 0 fully saturated rings. The van der Waals surface area contributed by atoms with E-state index in [4.69, 9.17) is 14.5 Å². The van der Waals surface area contributed by atoms with Gasteiger partial charge in [0.1, 0.15) is 30.0 Å². The largest absolute Gasteiger partial charge is 0.497 e. The summed E-state index contributed by atoms with van der Waals surface area (Å²) in [4.78, 5) is 4.69. The van der Waals surface area contributed by atoms with Crippen LogP contribution in [0.4, 0.5) is 0 Å².